The molecule has 4 heavy (non-hydrogen) atoms. The summed E-state index contributed by atoms with van der Waals surface area (Å²) in [6, 6.07) is 0. The van der Waals surface area contributed by atoms with Crippen molar-refractivity contribution < 1.29 is 77.4 Å². The van der Waals surface area contributed by atoms with Gasteiger partial charge >= 0.3 is 0 Å². The Kier molecular flexibility index (Phi) is 144. The van der Waals surface area contributed by atoms with Crippen molar-refractivity contribution in [2.75, 3.05) is 0 Å². The average molecular weight is 259 g/mol. The van der Waals surface area contributed by atoms with Crippen molar-refractivity contribution in [3.05, 3.63) is 0 Å². The van der Waals surface area contributed by atoms with Crippen LogP contribution in [0.3, 0.4) is 0 Å². The van der Waals surface area contributed by atoms with E-state index in [1.54, 1.807) is 0 Å². The minimum absolute atomic E-state index is 0. The molecule has 0 bridgehead atoms. The molecule has 0 fully saturated rings. The van der Waals surface area contributed by atoms with Crippen LogP contribution in [0.2, 0.25) is 0 Å². The molecular weight excluding hydrogens is 259 g/mol. The molecule has 4 heteroatoms. The third-order valence-electron chi connectivity index (χ3n) is 0. The van der Waals surface area contributed by atoms with E-state index in [1.807, 2.05) is 0 Å². The maximum absolute atomic E-state index is 0. The fraction of sp³-hybridized carbons (Fsp3) is 0. The van der Waals surface area contributed by atoms with Crippen LogP contribution in [0.1, 0.15) is 0 Å². The van der Waals surface area contributed by atoms with Gasteiger partial charge in [-0.2, -0.15) is 0 Å². The summed E-state index contributed by atoms with van der Waals surface area (Å²) in [5, 5.41) is 0. The molecule has 0 aromatic heterocycles. The Hall–Kier alpha value is 2.44. The summed E-state index contributed by atoms with van der Waals surface area (Å²) in [4.78, 5) is 0. The van der Waals surface area contributed by atoms with Gasteiger partial charge in [0.2, 0.25) is 0 Å². The van der Waals surface area contributed by atoms with E-state index >= 15 is 0 Å². The molecule has 0 aliphatic heterocycles. The van der Waals surface area contributed by atoms with E-state index in [-0.39, 0.29) is 77.4 Å². The molecule has 0 N–H and O–H groups in total. The van der Waals surface area contributed by atoms with Crippen molar-refractivity contribution in [3.63, 3.8) is 0 Å². The molecular formula is Fe3Zr. The molecule has 0 aromatic rings. The van der Waals surface area contributed by atoms with Crippen molar-refractivity contribution >= 4 is 0 Å². The molecule has 0 spiro atoms. The van der Waals surface area contributed by atoms with Crippen LogP contribution in [-0.4, -0.2) is 0 Å². The Bertz CT molecular complexity index is 3.25. The zero-order valence-electron chi connectivity index (χ0n) is 1.56. The Morgan fingerprint density at radius 1 is 0.500 bits per heavy atom. The molecule has 0 amide bonds. The van der Waals surface area contributed by atoms with Gasteiger partial charge in [0.15, 0.2) is 0 Å². The van der Waals surface area contributed by atoms with Gasteiger partial charge in [0.05, 0.1) is 0 Å². The normalized spacial score (nSPS) is 0. The summed E-state index contributed by atoms with van der Waals surface area (Å²) in [7, 11) is 0. The average Bonchev–Trinajstić information content (AvgIpc) is 0. The van der Waals surface area contributed by atoms with Gasteiger partial charge in [-0.15, -0.1) is 0 Å². The first-order valence-corrected chi connectivity index (χ1v) is 0. The first kappa shape index (κ1) is 32.0. The van der Waals surface area contributed by atoms with Gasteiger partial charge < -0.3 is 0 Å². The van der Waals surface area contributed by atoms with Gasteiger partial charge in [0.1, 0.15) is 0 Å². The topological polar surface area (TPSA) is 0 Å². The predicted octanol–water partition coefficient (Wildman–Crippen LogP) is -0.0100. The Balaban J connectivity index is 0. The van der Waals surface area contributed by atoms with E-state index in [0.29, 0.717) is 0 Å². The standard InChI is InChI=1S/3Fe.Zr. The second-order valence-corrected chi connectivity index (χ2v) is 0. The van der Waals surface area contributed by atoms with E-state index in [9.17, 15) is 0 Å². The van der Waals surface area contributed by atoms with Crippen LogP contribution in [0.15, 0.2) is 0 Å². The van der Waals surface area contributed by atoms with Crippen molar-refractivity contribution in [2.45, 2.75) is 0 Å². The molecule has 0 aromatic carbocycles. The predicted molar refractivity (Wildman–Crippen MR) is 0 cm³/mol. The first-order chi connectivity index (χ1) is 0. The van der Waals surface area contributed by atoms with Gasteiger partial charge in [0.25, 0.3) is 0 Å². The van der Waals surface area contributed by atoms with Crippen LogP contribution in [-0.2, 0) is 77.4 Å². The van der Waals surface area contributed by atoms with Gasteiger partial charge in [-0.1, -0.05) is 0 Å². The van der Waals surface area contributed by atoms with E-state index < -0.39 is 0 Å². The van der Waals surface area contributed by atoms with Gasteiger partial charge in [-0.05, 0) is 0 Å². The smallest absolute Gasteiger partial charge is 0 e. The van der Waals surface area contributed by atoms with Crippen LogP contribution in [0, 0.1) is 0 Å². The van der Waals surface area contributed by atoms with Crippen LogP contribution >= 0.6 is 0 Å². The fourth-order valence-corrected chi connectivity index (χ4v) is 0. The number of hydrogen-bond acceptors (Lipinski definition) is 0. The number of hydrogen-bond donors (Lipinski definition) is 0. The monoisotopic (exact) mass is 258 g/mol. The molecule has 0 aliphatic carbocycles. The van der Waals surface area contributed by atoms with Crippen molar-refractivity contribution in [2.24, 2.45) is 0 Å². The van der Waals surface area contributed by atoms with Crippen LogP contribution in [0.4, 0.5) is 0 Å². The molecule has 0 unspecified atom stereocenters. The van der Waals surface area contributed by atoms with Gasteiger partial charge in [-0.3, -0.25) is 0 Å². The fourth-order valence-electron chi connectivity index (χ4n) is 0. The third kappa shape index (κ3) is 8.82. The third-order valence-corrected chi connectivity index (χ3v) is 0. The molecule has 0 heterocycles. The minimum atomic E-state index is 0. The quantitative estimate of drug-likeness (QED) is 0.537. The SMILES string of the molecule is [Fe].[Fe].[Fe].[Zr]. The molecule has 0 saturated carbocycles. The zero-order chi connectivity index (χ0) is 0. The maximum atomic E-state index is 0. The number of rotatable bonds is 0. The minimum Gasteiger partial charge on any atom is 0 e. The molecule has 0 aliphatic rings. The van der Waals surface area contributed by atoms with Crippen molar-refractivity contribution in [1.29, 1.82) is 0 Å². The molecule has 0 rings (SSSR count). The Morgan fingerprint density at radius 3 is 0.500 bits per heavy atom. The van der Waals surface area contributed by atoms with Crippen LogP contribution in [0.5, 0.6) is 0 Å². The Labute approximate surface area is 76.4 Å². The molecule has 0 nitrogen and oxygen atoms in total. The van der Waals surface area contributed by atoms with E-state index in [2.05, 4.69) is 0 Å². The molecule has 0 radical (unpaired) electrons. The summed E-state index contributed by atoms with van der Waals surface area (Å²) in [6.45, 7) is 0. The van der Waals surface area contributed by atoms with E-state index in [0.717, 1.165) is 0 Å². The summed E-state index contributed by atoms with van der Waals surface area (Å²) in [5.41, 5.74) is 0. The Morgan fingerprint density at radius 2 is 0.500 bits per heavy atom. The second-order valence-electron chi connectivity index (χ2n) is 0. The molecule has 0 atom stereocenters. The van der Waals surface area contributed by atoms with Gasteiger partial charge in [0, 0.05) is 77.4 Å². The van der Waals surface area contributed by atoms with E-state index in [4.69, 9.17) is 0 Å². The van der Waals surface area contributed by atoms with Crippen molar-refractivity contribution in [3.8, 4) is 0 Å². The summed E-state index contributed by atoms with van der Waals surface area (Å²) >= 11 is 0. The largest absolute Gasteiger partial charge is 0 e. The first-order valence-electron chi connectivity index (χ1n) is 0. The second kappa shape index (κ2) is 18.0. The zero-order valence-corrected chi connectivity index (χ0v) is 7.33. The summed E-state index contributed by atoms with van der Waals surface area (Å²) < 4.78 is 0. The van der Waals surface area contributed by atoms with Crippen molar-refractivity contribution in [1.82, 2.24) is 0 Å². The van der Waals surface area contributed by atoms with Crippen LogP contribution < -0.4 is 0 Å². The van der Waals surface area contributed by atoms with Gasteiger partial charge in [-0.25, -0.2) is 0 Å². The molecule has 0 saturated heterocycles. The van der Waals surface area contributed by atoms with E-state index in [1.165, 1.54) is 0 Å². The summed E-state index contributed by atoms with van der Waals surface area (Å²) in [5.74, 6) is 0. The maximum Gasteiger partial charge on any atom is 0 e. The summed E-state index contributed by atoms with van der Waals surface area (Å²) in [6.07, 6.45) is 0. The molecule has 28 valence electrons. The van der Waals surface area contributed by atoms with Crippen LogP contribution in [0.25, 0.3) is 0 Å².